The summed E-state index contributed by atoms with van der Waals surface area (Å²) in [4.78, 5) is 9.96. The summed E-state index contributed by atoms with van der Waals surface area (Å²) >= 11 is 0. The molecule has 1 heteroatoms. The average Bonchev–Trinajstić information content (AvgIpc) is 1.36. The van der Waals surface area contributed by atoms with Crippen molar-refractivity contribution in [2.45, 2.75) is 20.2 Å². The number of ketones is 1. The zero-order valence-electron chi connectivity index (χ0n) is 4.49. The quantitative estimate of drug-likeness (QED) is 0.453. The lowest BCUT2D eigenvalue weighted by molar-refractivity contribution is -0.116. The zero-order chi connectivity index (χ0) is 5.15. The molecule has 0 spiro atoms. The molecule has 0 heterocycles. The van der Waals surface area contributed by atoms with Crippen molar-refractivity contribution in [3.05, 3.63) is 0 Å². The third kappa shape index (κ3) is 3.67. The topological polar surface area (TPSA) is 17.1 Å². The molecule has 0 N–H and O–H groups in total. The van der Waals surface area contributed by atoms with Gasteiger partial charge in [-0.1, -0.05) is 6.92 Å². The monoisotopic (exact) mass is 74.1 g/mol. The van der Waals surface area contributed by atoms with Crippen LogP contribution in [0.1, 0.15) is 21.6 Å². The van der Waals surface area contributed by atoms with Crippen molar-refractivity contribution < 1.29 is 6.17 Å². The van der Waals surface area contributed by atoms with Crippen LogP contribution in [0.25, 0.3) is 0 Å². The first kappa shape index (κ1) is 2.88. The summed E-state index contributed by atoms with van der Waals surface area (Å²) < 4.78 is 6.68. The molecule has 0 bridgehead atoms. The lowest BCUT2D eigenvalue weighted by atomic mass is 10.4. The summed E-state index contributed by atoms with van der Waals surface area (Å²) in [6.45, 7) is 2.97. The number of hydrogen-bond acceptors (Lipinski definition) is 1. The minimum absolute atomic E-state index is 0.0741. The molecule has 0 aliphatic rings. The van der Waals surface area contributed by atoms with Crippen molar-refractivity contribution in [2.24, 2.45) is 0 Å². The smallest absolute Gasteiger partial charge is 0.129 e. The van der Waals surface area contributed by atoms with Crippen LogP contribution in [0.4, 0.5) is 0 Å². The number of hydrogen-bond donors (Lipinski definition) is 0. The highest BCUT2D eigenvalue weighted by molar-refractivity contribution is 5.74. The number of Topliss-reactive ketones (excluding diaryl/α,β-unsaturated/α-hetero) is 1. The highest BCUT2D eigenvalue weighted by Crippen LogP contribution is 1.71. The van der Waals surface area contributed by atoms with Gasteiger partial charge in [0.15, 0.2) is 0 Å². The number of carbonyl (C=O) groups is 1. The molecule has 0 aromatic heterocycles. The maximum absolute atomic E-state index is 9.96. The van der Waals surface area contributed by atoms with Crippen LogP contribution >= 0.6 is 0 Å². The second-order valence-electron chi connectivity index (χ2n) is 0.899. The fraction of sp³-hybridized carbons (Fsp3) is 0.750. The van der Waals surface area contributed by atoms with Crippen LogP contribution in [0.3, 0.4) is 0 Å². The van der Waals surface area contributed by atoms with Crippen molar-refractivity contribution in [2.75, 3.05) is 0 Å². The lowest BCUT2D eigenvalue weighted by Gasteiger charge is -1.71. The number of rotatable bonds is 1. The largest absolute Gasteiger partial charge is 0.300 e. The molecule has 0 rings (SSSR count). The van der Waals surface area contributed by atoms with Crippen molar-refractivity contribution in [3.63, 3.8) is 0 Å². The van der Waals surface area contributed by atoms with Gasteiger partial charge in [0.05, 0.1) is 0 Å². The third-order valence-corrected chi connectivity index (χ3v) is 0.407. The van der Waals surface area contributed by atoms with Crippen LogP contribution in [-0.2, 0) is 4.79 Å². The first-order valence-electron chi connectivity index (χ1n) is 2.15. The Labute approximate surface area is 33.4 Å². The Balaban J connectivity index is 3.26. The summed E-state index contributed by atoms with van der Waals surface area (Å²) in [6.07, 6.45) is -0.537. The van der Waals surface area contributed by atoms with E-state index in [9.17, 15) is 4.79 Å². The molecule has 0 saturated carbocycles. The fourth-order valence-corrected chi connectivity index (χ4v) is 0. The molecule has 1 unspecified atom stereocenters. The zero-order valence-corrected chi connectivity index (χ0v) is 3.49. The van der Waals surface area contributed by atoms with Gasteiger partial charge in [0.2, 0.25) is 0 Å². The van der Waals surface area contributed by atoms with Crippen molar-refractivity contribution in [1.82, 2.24) is 0 Å². The van der Waals surface area contributed by atoms with Gasteiger partial charge in [-0.25, -0.2) is 0 Å². The lowest BCUT2D eigenvalue weighted by Crippen LogP contribution is -1.80. The Morgan fingerprint density at radius 1 is 2.20 bits per heavy atom. The van der Waals surface area contributed by atoms with Gasteiger partial charge >= 0.3 is 0 Å². The molecule has 1 atom stereocenters. The fourth-order valence-electron chi connectivity index (χ4n) is 0. The van der Waals surface area contributed by atoms with Gasteiger partial charge in [-0.05, 0) is 6.92 Å². The Kier molecular flexibility index (Phi) is 1.12. The van der Waals surface area contributed by atoms with Gasteiger partial charge in [-0.3, -0.25) is 0 Å². The molecular formula is C4H8O. The summed E-state index contributed by atoms with van der Waals surface area (Å²) in [5.74, 6) is -0.0741. The third-order valence-electron chi connectivity index (χ3n) is 0.407. The molecular weight excluding hydrogens is 64.0 g/mol. The molecule has 0 aliphatic heterocycles. The van der Waals surface area contributed by atoms with Crippen LogP contribution < -0.4 is 0 Å². The Hall–Kier alpha value is -0.330. The molecule has 0 fully saturated rings. The van der Waals surface area contributed by atoms with Gasteiger partial charge in [0, 0.05) is 7.77 Å². The second kappa shape index (κ2) is 1.94. The molecule has 5 heavy (non-hydrogen) atoms. The molecule has 1 nitrogen and oxygen atoms in total. The average molecular weight is 74.1 g/mol. The van der Waals surface area contributed by atoms with Gasteiger partial charge < -0.3 is 4.79 Å². The summed E-state index contributed by atoms with van der Waals surface area (Å²) in [6, 6.07) is 0. The predicted molar refractivity (Wildman–Crippen MR) is 21.0 cm³/mol. The normalized spacial score (nSPS) is 16.8. The first-order chi connectivity index (χ1) is 2.64. The van der Waals surface area contributed by atoms with E-state index in [2.05, 4.69) is 0 Å². The van der Waals surface area contributed by atoms with E-state index in [1.54, 1.807) is 6.92 Å². The highest BCUT2D eigenvalue weighted by atomic mass is 16.1. The summed E-state index contributed by atoms with van der Waals surface area (Å²) in [5, 5.41) is 0. The SMILES string of the molecule is [3H]C(C)C(C)=O. The van der Waals surface area contributed by atoms with E-state index >= 15 is 0 Å². The highest BCUT2D eigenvalue weighted by Gasteiger charge is 1.76. The van der Waals surface area contributed by atoms with Crippen LogP contribution in [-0.4, -0.2) is 5.78 Å². The maximum Gasteiger partial charge on any atom is 0.129 e. The second-order valence-corrected chi connectivity index (χ2v) is 0.899. The molecule has 0 amide bonds. The Morgan fingerprint density at radius 2 is 2.40 bits per heavy atom. The summed E-state index contributed by atoms with van der Waals surface area (Å²) in [5.41, 5.74) is 0. The van der Waals surface area contributed by atoms with Crippen LogP contribution in [0.5, 0.6) is 0 Å². The molecule has 0 radical (unpaired) electrons. The van der Waals surface area contributed by atoms with E-state index in [1.165, 1.54) is 6.92 Å². The molecule has 30 valence electrons. The minimum Gasteiger partial charge on any atom is -0.300 e. The van der Waals surface area contributed by atoms with Gasteiger partial charge in [0.1, 0.15) is 5.78 Å². The first-order valence-corrected chi connectivity index (χ1v) is 1.57. The van der Waals surface area contributed by atoms with Crippen molar-refractivity contribution >= 4 is 5.78 Å². The van der Waals surface area contributed by atoms with Crippen LogP contribution in [0.15, 0.2) is 0 Å². The van der Waals surface area contributed by atoms with E-state index in [0.717, 1.165) is 0 Å². The van der Waals surface area contributed by atoms with Crippen LogP contribution in [0.2, 0.25) is 0 Å². The maximum atomic E-state index is 9.96. The van der Waals surface area contributed by atoms with Crippen LogP contribution in [0, 0.1) is 0 Å². The van der Waals surface area contributed by atoms with Gasteiger partial charge in [-0.2, -0.15) is 0 Å². The number of carbonyl (C=O) groups excluding carboxylic acids is 1. The van der Waals surface area contributed by atoms with E-state index in [-0.39, 0.29) is 5.78 Å². The summed E-state index contributed by atoms with van der Waals surface area (Å²) in [7, 11) is 0. The van der Waals surface area contributed by atoms with E-state index in [0.29, 0.717) is 0 Å². The van der Waals surface area contributed by atoms with Crippen molar-refractivity contribution in [3.8, 4) is 0 Å². The molecule has 0 saturated heterocycles. The Morgan fingerprint density at radius 3 is 2.40 bits per heavy atom. The minimum atomic E-state index is -0.537. The van der Waals surface area contributed by atoms with Gasteiger partial charge in [0.25, 0.3) is 0 Å². The molecule has 0 aromatic rings. The van der Waals surface area contributed by atoms with Gasteiger partial charge in [-0.15, -0.1) is 0 Å². The van der Waals surface area contributed by atoms with E-state index in [1.807, 2.05) is 0 Å². The Bertz CT molecular complexity index is 58.6. The molecule has 0 aromatic carbocycles. The van der Waals surface area contributed by atoms with E-state index < -0.39 is 6.40 Å². The van der Waals surface area contributed by atoms with E-state index in [4.69, 9.17) is 1.37 Å². The predicted octanol–water partition coefficient (Wildman–Crippen LogP) is 0.985. The van der Waals surface area contributed by atoms with Crippen molar-refractivity contribution in [1.29, 1.82) is 0 Å². The molecule has 0 aliphatic carbocycles. The standard InChI is InChI=1S/C4H8O/c1-3-4(2)5/h3H2,1-2H3/i3T.